The quantitative estimate of drug-likeness (QED) is 0.798. The van der Waals surface area contributed by atoms with E-state index in [9.17, 15) is 19.6 Å². The second kappa shape index (κ2) is 7.80. The average Bonchev–Trinajstić information content (AvgIpc) is 3.01. The predicted molar refractivity (Wildman–Crippen MR) is 99.4 cm³/mol. The maximum absolute atomic E-state index is 13.0. The van der Waals surface area contributed by atoms with E-state index in [-0.39, 0.29) is 27.6 Å². The fourth-order valence-electron chi connectivity index (χ4n) is 2.84. The molecule has 9 heteroatoms. The summed E-state index contributed by atoms with van der Waals surface area (Å²) >= 11 is 13.1. The van der Waals surface area contributed by atoms with E-state index in [0.29, 0.717) is 28.7 Å². The number of anilines is 1. The lowest BCUT2D eigenvalue weighted by molar-refractivity contribution is 0.0249. The molecule has 0 saturated carbocycles. The molecule has 2 heterocycles. The van der Waals surface area contributed by atoms with Crippen molar-refractivity contribution in [3.8, 4) is 17.2 Å². The van der Waals surface area contributed by atoms with Gasteiger partial charge in [-0.2, -0.15) is 5.26 Å². The maximum Gasteiger partial charge on any atom is 0.346 e. The highest BCUT2D eigenvalue weighted by molar-refractivity contribution is 7.18. The number of hydrogen-bond acceptors (Lipinski definition) is 5. The van der Waals surface area contributed by atoms with Crippen LogP contribution >= 0.6 is 34.5 Å². The van der Waals surface area contributed by atoms with Crippen molar-refractivity contribution in [3.05, 3.63) is 38.7 Å². The molecular weight excluding hydrogens is 402 g/mol. The van der Waals surface area contributed by atoms with Crippen LogP contribution in [0.1, 0.15) is 15.2 Å². The van der Waals surface area contributed by atoms with E-state index in [1.807, 2.05) is 0 Å². The van der Waals surface area contributed by atoms with Gasteiger partial charge in [0.15, 0.2) is 0 Å². The van der Waals surface area contributed by atoms with Gasteiger partial charge in [0.2, 0.25) is 0 Å². The second-order valence-corrected chi connectivity index (χ2v) is 7.46. The Kier molecular flexibility index (Phi) is 5.68. The molecular formula is C17H13Cl2FN2O3S. The van der Waals surface area contributed by atoms with Crippen LogP contribution in [0.15, 0.2) is 18.2 Å². The SMILES string of the molecule is N#Cc1c(N2CCOC(CF)C2)sc(C(=O)O)c1-c1ccc(Cl)cc1Cl. The lowest BCUT2D eigenvalue weighted by Gasteiger charge is -2.32. The molecule has 5 nitrogen and oxygen atoms in total. The number of alkyl halides is 1. The second-order valence-electron chi connectivity index (χ2n) is 5.62. The van der Waals surface area contributed by atoms with Crippen LogP contribution in [-0.2, 0) is 4.74 Å². The summed E-state index contributed by atoms with van der Waals surface area (Å²) in [6, 6.07) is 6.76. The van der Waals surface area contributed by atoms with Gasteiger partial charge in [-0.1, -0.05) is 29.3 Å². The molecule has 1 aliphatic heterocycles. The molecule has 1 N–H and O–H groups in total. The van der Waals surface area contributed by atoms with Crippen molar-refractivity contribution in [2.45, 2.75) is 6.10 Å². The van der Waals surface area contributed by atoms with Gasteiger partial charge in [0.1, 0.15) is 28.7 Å². The standard InChI is InChI=1S/C17H13Cl2FN2O3S/c18-9-1-2-11(13(19)5-9)14-12(7-21)16(26-15(14)17(23)24)22-3-4-25-10(6-20)8-22/h1-2,5,10H,3-4,6,8H2,(H,23,24). The van der Waals surface area contributed by atoms with Gasteiger partial charge in [0.25, 0.3) is 0 Å². The number of carboxylic acids is 1. The Balaban J connectivity index is 2.17. The van der Waals surface area contributed by atoms with Gasteiger partial charge in [-0.15, -0.1) is 11.3 Å². The molecule has 1 fully saturated rings. The Morgan fingerprint density at radius 2 is 2.27 bits per heavy atom. The molecule has 2 aromatic rings. The number of carboxylic acid groups (broad SMARTS) is 1. The fraction of sp³-hybridized carbons (Fsp3) is 0.294. The van der Waals surface area contributed by atoms with Crippen molar-refractivity contribution in [2.75, 3.05) is 31.3 Å². The summed E-state index contributed by atoms with van der Waals surface area (Å²) in [5.74, 6) is -1.16. The van der Waals surface area contributed by atoms with Crippen LogP contribution in [0.2, 0.25) is 10.0 Å². The van der Waals surface area contributed by atoms with E-state index < -0.39 is 18.7 Å². The lowest BCUT2D eigenvalue weighted by Crippen LogP contribution is -2.43. The minimum atomic E-state index is -1.16. The number of halogens is 3. The number of morpholine rings is 1. The summed E-state index contributed by atoms with van der Waals surface area (Å²) in [6.45, 7) is 0.347. The molecule has 1 saturated heterocycles. The largest absolute Gasteiger partial charge is 0.477 e. The van der Waals surface area contributed by atoms with E-state index in [2.05, 4.69) is 6.07 Å². The summed E-state index contributed by atoms with van der Waals surface area (Å²) in [7, 11) is 0. The highest BCUT2D eigenvalue weighted by Crippen LogP contribution is 2.44. The molecule has 1 aromatic heterocycles. The molecule has 0 bridgehead atoms. The minimum absolute atomic E-state index is 0.00376. The number of rotatable bonds is 4. The molecule has 1 atom stereocenters. The zero-order chi connectivity index (χ0) is 18.8. The van der Waals surface area contributed by atoms with Gasteiger partial charge in [0, 0.05) is 34.3 Å². The third-order valence-electron chi connectivity index (χ3n) is 3.99. The summed E-state index contributed by atoms with van der Waals surface area (Å²) in [5.41, 5.74) is 0.879. The smallest absolute Gasteiger partial charge is 0.346 e. The Labute approximate surface area is 163 Å². The van der Waals surface area contributed by atoms with Crippen molar-refractivity contribution in [2.24, 2.45) is 0 Å². The molecule has 1 aliphatic rings. The Bertz CT molecular complexity index is 897. The zero-order valence-corrected chi connectivity index (χ0v) is 15.7. The summed E-state index contributed by atoms with van der Waals surface area (Å²) < 4.78 is 18.3. The molecule has 1 unspecified atom stereocenters. The van der Waals surface area contributed by atoms with E-state index in [4.69, 9.17) is 27.9 Å². The highest BCUT2D eigenvalue weighted by atomic mass is 35.5. The molecule has 3 rings (SSSR count). The Morgan fingerprint density at radius 3 is 2.88 bits per heavy atom. The minimum Gasteiger partial charge on any atom is -0.477 e. The van der Waals surface area contributed by atoms with Crippen molar-refractivity contribution >= 4 is 45.5 Å². The average molecular weight is 415 g/mol. The molecule has 1 aromatic carbocycles. The third-order valence-corrected chi connectivity index (χ3v) is 5.78. The summed E-state index contributed by atoms with van der Waals surface area (Å²) in [5, 5.41) is 20.5. The van der Waals surface area contributed by atoms with Crippen LogP contribution in [0.3, 0.4) is 0 Å². The Morgan fingerprint density at radius 1 is 1.50 bits per heavy atom. The molecule has 0 radical (unpaired) electrons. The molecule has 136 valence electrons. The van der Waals surface area contributed by atoms with Crippen LogP contribution in [-0.4, -0.2) is 43.6 Å². The Hall–Kier alpha value is -1.85. The zero-order valence-electron chi connectivity index (χ0n) is 13.3. The lowest BCUT2D eigenvalue weighted by atomic mass is 10.0. The van der Waals surface area contributed by atoms with E-state index >= 15 is 0 Å². The summed E-state index contributed by atoms with van der Waals surface area (Å²) in [6.07, 6.45) is -0.603. The first kappa shape index (κ1) is 18.9. The number of benzene rings is 1. The van der Waals surface area contributed by atoms with Gasteiger partial charge >= 0.3 is 5.97 Å². The van der Waals surface area contributed by atoms with Gasteiger partial charge in [-0.3, -0.25) is 0 Å². The van der Waals surface area contributed by atoms with Gasteiger partial charge < -0.3 is 14.7 Å². The number of nitriles is 1. The first-order valence-corrected chi connectivity index (χ1v) is 9.21. The van der Waals surface area contributed by atoms with E-state index in [1.165, 1.54) is 6.07 Å². The molecule has 0 spiro atoms. The van der Waals surface area contributed by atoms with E-state index in [0.717, 1.165) is 11.3 Å². The van der Waals surface area contributed by atoms with Crippen LogP contribution in [0.4, 0.5) is 9.39 Å². The van der Waals surface area contributed by atoms with Gasteiger partial charge in [-0.05, 0) is 12.1 Å². The van der Waals surface area contributed by atoms with Crippen LogP contribution in [0, 0.1) is 11.3 Å². The number of nitrogens with zero attached hydrogens (tertiary/aromatic N) is 2. The van der Waals surface area contributed by atoms with Crippen molar-refractivity contribution in [1.82, 2.24) is 0 Å². The van der Waals surface area contributed by atoms with Gasteiger partial charge in [-0.25, -0.2) is 9.18 Å². The fourth-order valence-corrected chi connectivity index (χ4v) is 4.48. The third kappa shape index (κ3) is 3.51. The maximum atomic E-state index is 13.0. The number of carbonyl (C=O) groups is 1. The number of hydrogen-bond donors (Lipinski definition) is 1. The topological polar surface area (TPSA) is 73.6 Å². The van der Waals surface area contributed by atoms with Crippen molar-refractivity contribution in [3.63, 3.8) is 0 Å². The van der Waals surface area contributed by atoms with Crippen LogP contribution in [0.25, 0.3) is 11.1 Å². The number of aromatic carboxylic acids is 1. The number of ether oxygens (including phenoxy) is 1. The van der Waals surface area contributed by atoms with Crippen molar-refractivity contribution in [1.29, 1.82) is 5.26 Å². The van der Waals surface area contributed by atoms with Crippen LogP contribution in [0.5, 0.6) is 0 Å². The van der Waals surface area contributed by atoms with E-state index in [1.54, 1.807) is 17.0 Å². The predicted octanol–water partition coefficient (Wildman–Crippen LogP) is 4.47. The molecule has 0 aliphatic carbocycles. The monoisotopic (exact) mass is 414 g/mol. The van der Waals surface area contributed by atoms with Crippen molar-refractivity contribution < 1.29 is 19.0 Å². The molecule has 0 amide bonds. The highest BCUT2D eigenvalue weighted by Gasteiger charge is 2.30. The van der Waals surface area contributed by atoms with Gasteiger partial charge in [0.05, 0.1) is 12.2 Å². The van der Waals surface area contributed by atoms with Crippen LogP contribution < -0.4 is 4.90 Å². The normalized spacial score (nSPS) is 17.2. The molecule has 26 heavy (non-hydrogen) atoms. The number of thiophene rings is 1. The first-order valence-electron chi connectivity index (χ1n) is 7.64. The first-order chi connectivity index (χ1) is 12.5. The summed E-state index contributed by atoms with van der Waals surface area (Å²) in [4.78, 5) is 13.6.